The maximum absolute atomic E-state index is 12.0. The van der Waals surface area contributed by atoms with E-state index in [4.69, 9.17) is 9.15 Å². The van der Waals surface area contributed by atoms with E-state index in [0.29, 0.717) is 11.1 Å². The van der Waals surface area contributed by atoms with Gasteiger partial charge in [-0.25, -0.2) is 14.6 Å². The summed E-state index contributed by atoms with van der Waals surface area (Å²) in [4.78, 5) is 28.2. The fourth-order valence-corrected chi connectivity index (χ4v) is 3.62. The summed E-state index contributed by atoms with van der Waals surface area (Å²) >= 11 is 1.50. The molecule has 0 bridgehead atoms. The molecule has 0 aliphatic carbocycles. The minimum Gasteiger partial charge on any atom is -0.458 e. The average Bonchev–Trinajstić information content (AvgIpc) is 3.07. The molecule has 0 amide bonds. The molecule has 4 rings (SSSR count). The molecule has 2 heterocycles. The number of para-hydroxylation sites is 1. The van der Waals surface area contributed by atoms with Crippen LogP contribution in [0.2, 0.25) is 0 Å². The van der Waals surface area contributed by atoms with E-state index in [1.54, 1.807) is 12.1 Å². The predicted octanol–water partition coefficient (Wildman–Crippen LogP) is 4.47. The minimum absolute atomic E-state index is 0.00577. The molecular weight excluding hydrogens is 362 g/mol. The van der Waals surface area contributed by atoms with Crippen LogP contribution in [0.4, 0.5) is 0 Å². The van der Waals surface area contributed by atoms with Crippen molar-refractivity contribution < 1.29 is 13.9 Å². The number of thiazole rings is 1. The number of hydrogen-bond donors (Lipinski definition) is 0. The third kappa shape index (κ3) is 3.80. The van der Waals surface area contributed by atoms with Gasteiger partial charge >= 0.3 is 11.6 Å². The molecule has 6 heteroatoms. The standard InChI is InChI=1S/C21H15NO4S/c1-13-6-7-15-14(11-21(24)26-17(15)10-13)12-25-20(23)9-8-19-22-16-4-2-3-5-18(16)27-19/h2-11H,12H2,1H3. The second-order valence-corrected chi connectivity index (χ2v) is 7.11. The lowest BCUT2D eigenvalue weighted by Crippen LogP contribution is -2.05. The van der Waals surface area contributed by atoms with Gasteiger partial charge in [-0.1, -0.05) is 24.3 Å². The Morgan fingerprint density at radius 3 is 2.93 bits per heavy atom. The van der Waals surface area contributed by atoms with Gasteiger partial charge in [0.1, 0.15) is 17.2 Å². The van der Waals surface area contributed by atoms with Crippen molar-refractivity contribution in [1.29, 1.82) is 0 Å². The fraction of sp³-hybridized carbons (Fsp3) is 0.0952. The molecule has 2 aromatic carbocycles. The Bertz CT molecular complexity index is 1200. The normalized spacial score (nSPS) is 11.4. The summed E-state index contributed by atoms with van der Waals surface area (Å²) in [6, 6.07) is 14.7. The van der Waals surface area contributed by atoms with Crippen LogP contribution in [0.25, 0.3) is 27.3 Å². The second-order valence-electron chi connectivity index (χ2n) is 6.05. The quantitative estimate of drug-likeness (QED) is 0.298. The molecule has 0 saturated heterocycles. The highest BCUT2D eigenvalue weighted by Crippen LogP contribution is 2.22. The van der Waals surface area contributed by atoms with Gasteiger partial charge in [0.2, 0.25) is 0 Å². The molecule has 0 spiro atoms. The SMILES string of the molecule is Cc1ccc2c(COC(=O)C=Cc3nc4ccccc4s3)cc(=O)oc2c1. The van der Waals surface area contributed by atoms with Crippen LogP contribution in [-0.2, 0) is 16.1 Å². The third-order valence-corrected chi connectivity index (χ3v) is 5.03. The van der Waals surface area contributed by atoms with Gasteiger partial charge in [0.15, 0.2) is 0 Å². The first-order valence-electron chi connectivity index (χ1n) is 8.32. The Balaban J connectivity index is 1.49. The molecule has 0 aliphatic rings. The lowest BCUT2D eigenvalue weighted by atomic mass is 10.1. The summed E-state index contributed by atoms with van der Waals surface area (Å²) < 4.78 is 11.6. The van der Waals surface area contributed by atoms with Gasteiger partial charge in [-0.15, -0.1) is 11.3 Å². The zero-order chi connectivity index (χ0) is 18.8. The predicted molar refractivity (Wildman–Crippen MR) is 106 cm³/mol. The Kier molecular flexibility index (Phi) is 4.56. The second kappa shape index (κ2) is 7.17. The van der Waals surface area contributed by atoms with Gasteiger partial charge in [0.05, 0.1) is 10.2 Å². The van der Waals surface area contributed by atoms with Crippen LogP contribution in [-0.4, -0.2) is 11.0 Å². The van der Waals surface area contributed by atoms with E-state index in [1.165, 1.54) is 23.5 Å². The zero-order valence-corrected chi connectivity index (χ0v) is 15.3. The first-order chi connectivity index (χ1) is 13.1. The number of hydrogen-bond acceptors (Lipinski definition) is 6. The largest absolute Gasteiger partial charge is 0.458 e. The average molecular weight is 377 g/mol. The highest BCUT2D eigenvalue weighted by Gasteiger charge is 2.08. The van der Waals surface area contributed by atoms with Crippen molar-refractivity contribution in [1.82, 2.24) is 4.98 Å². The Labute approximate surface area is 158 Å². The van der Waals surface area contributed by atoms with E-state index in [9.17, 15) is 9.59 Å². The topological polar surface area (TPSA) is 69.4 Å². The molecule has 0 N–H and O–H groups in total. The number of ether oxygens (including phenoxy) is 1. The maximum atomic E-state index is 12.0. The van der Waals surface area contributed by atoms with Gasteiger partial charge in [0, 0.05) is 23.1 Å². The molecule has 0 atom stereocenters. The molecule has 2 aromatic heterocycles. The van der Waals surface area contributed by atoms with Crippen molar-refractivity contribution in [2.45, 2.75) is 13.5 Å². The van der Waals surface area contributed by atoms with E-state index >= 15 is 0 Å². The highest BCUT2D eigenvalue weighted by molar-refractivity contribution is 7.19. The smallest absolute Gasteiger partial charge is 0.336 e. The molecule has 27 heavy (non-hydrogen) atoms. The number of aryl methyl sites for hydroxylation is 1. The minimum atomic E-state index is -0.497. The van der Waals surface area contributed by atoms with Crippen molar-refractivity contribution in [3.8, 4) is 0 Å². The van der Waals surface area contributed by atoms with Crippen molar-refractivity contribution in [2.24, 2.45) is 0 Å². The summed E-state index contributed by atoms with van der Waals surface area (Å²) in [5.74, 6) is -0.497. The monoisotopic (exact) mass is 377 g/mol. The number of fused-ring (bicyclic) bond motifs is 2. The Morgan fingerprint density at radius 1 is 1.22 bits per heavy atom. The van der Waals surface area contributed by atoms with Crippen LogP contribution in [0.1, 0.15) is 16.1 Å². The molecule has 5 nitrogen and oxygen atoms in total. The van der Waals surface area contributed by atoms with E-state index in [2.05, 4.69) is 4.98 Å². The lowest BCUT2D eigenvalue weighted by Gasteiger charge is -2.06. The number of aromatic nitrogens is 1. The van der Waals surface area contributed by atoms with E-state index in [0.717, 1.165) is 26.2 Å². The van der Waals surface area contributed by atoms with Crippen LogP contribution in [0.3, 0.4) is 0 Å². The Morgan fingerprint density at radius 2 is 2.07 bits per heavy atom. The van der Waals surface area contributed by atoms with Crippen LogP contribution >= 0.6 is 11.3 Å². The molecule has 0 fully saturated rings. The van der Waals surface area contributed by atoms with Crippen molar-refractivity contribution >= 4 is 44.6 Å². The molecule has 0 unspecified atom stereocenters. The highest BCUT2D eigenvalue weighted by atomic mass is 32.1. The number of rotatable bonds is 4. The summed E-state index contributed by atoms with van der Waals surface area (Å²) in [7, 11) is 0. The number of carbonyl (C=O) groups excluding carboxylic acids is 1. The van der Waals surface area contributed by atoms with E-state index < -0.39 is 11.6 Å². The van der Waals surface area contributed by atoms with Gasteiger partial charge < -0.3 is 9.15 Å². The molecule has 0 saturated carbocycles. The fourth-order valence-electron chi connectivity index (χ4n) is 2.75. The van der Waals surface area contributed by atoms with Crippen LogP contribution in [0.5, 0.6) is 0 Å². The summed E-state index contributed by atoms with van der Waals surface area (Å²) in [6.07, 6.45) is 2.98. The van der Waals surface area contributed by atoms with Gasteiger partial charge in [-0.05, 0) is 36.8 Å². The van der Waals surface area contributed by atoms with Gasteiger partial charge in [-0.3, -0.25) is 0 Å². The first-order valence-corrected chi connectivity index (χ1v) is 9.14. The van der Waals surface area contributed by atoms with Crippen molar-refractivity contribution in [2.75, 3.05) is 0 Å². The van der Waals surface area contributed by atoms with Gasteiger partial charge in [0.25, 0.3) is 0 Å². The number of esters is 1. The first kappa shape index (κ1) is 17.2. The van der Waals surface area contributed by atoms with E-state index in [1.807, 2.05) is 43.3 Å². The number of carbonyl (C=O) groups is 1. The van der Waals surface area contributed by atoms with Crippen LogP contribution in [0, 0.1) is 6.92 Å². The maximum Gasteiger partial charge on any atom is 0.336 e. The van der Waals surface area contributed by atoms with E-state index in [-0.39, 0.29) is 6.61 Å². The number of nitrogens with zero attached hydrogens (tertiary/aromatic N) is 1. The Hall–Kier alpha value is -3.25. The lowest BCUT2D eigenvalue weighted by molar-refractivity contribution is -0.138. The molecular formula is C21H15NO4S. The summed E-state index contributed by atoms with van der Waals surface area (Å²) in [5, 5.41) is 1.48. The summed E-state index contributed by atoms with van der Waals surface area (Å²) in [6.45, 7) is 1.91. The van der Waals surface area contributed by atoms with Crippen LogP contribution < -0.4 is 5.63 Å². The number of benzene rings is 2. The third-order valence-electron chi connectivity index (χ3n) is 4.03. The molecule has 4 aromatic rings. The molecule has 0 radical (unpaired) electrons. The molecule has 134 valence electrons. The van der Waals surface area contributed by atoms with Crippen molar-refractivity contribution in [3.05, 3.63) is 81.2 Å². The van der Waals surface area contributed by atoms with Gasteiger partial charge in [-0.2, -0.15) is 0 Å². The molecule has 0 aliphatic heterocycles. The van der Waals surface area contributed by atoms with Crippen LogP contribution in [0.15, 0.2) is 63.8 Å². The van der Waals surface area contributed by atoms with Crippen molar-refractivity contribution in [3.63, 3.8) is 0 Å². The zero-order valence-electron chi connectivity index (χ0n) is 14.5. The summed E-state index contributed by atoms with van der Waals surface area (Å²) in [5.41, 5.74) is 2.51.